The van der Waals surface area contributed by atoms with Gasteiger partial charge in [0, 0.05) is 13.1 Å². The first-order valence-electron chi connectivity index (χ1n) is 6.05. The maximum atomic E-state index is 12.5. The van der Waals surface area contributed by atoms with Gasteiger partial charge >= 0.3 is 5.97 Å². The quantitative estimate of drug-likeness (QED) is 0.925. The Morgan fingerprint density at radius 2 is 2.25 bits per heavy atom. The van der Waals surface area contributed by atoms with E-state index in [4.69, 9.17) is 5.11 Å². The third-order valence-electron chi connectivity index (χ3n) is 3.44. The summed E-state index contributed by atoms with van der Waals surface area (Å²) >= 11 is 1.38. The van der Waals surface area contributed by atoms with E-state index >= 15 is 0 Å². The predicted molar refractivity (Wildman–Crippen MR) is 74.1 cm³/mol. The van der Waals surface area contributed by atoms with E-state index in [1.807, 2.05) is 0 Å². The Labute approximate surface area is 119 Å². The second kappa shape index (κ2) is 4.80. The van der Waals surface area contributed by atoms with Crippen LogP contribution < -0.4 is 0 Å². The van der Waals surface area contributed by atoms with Gasteiger partial charge < -0.3 is 5.11 Å². The predicted octanol–water partition coefficient (Wildman–Crippen LogP) is 1.39. The van der Waals surface area contributed by atoms with Crippen molar-refractivity contribution in [1.82, 2.24) is 9.29 Å². The number of benzene rings is 1. The van der Waals surface area contributed by atoms with Crippen LogP contribution in [0.25, 0.3) is 10.2 Å². The summed E-state index contributed by atoms with van der Waals surface area (Å²) in [5.74, 6) is -1.56. The smallest absolute Gasteiger partial charge is 0.307 e. The molecule has 0 aliphatic carbocycles. The van der Waals surface area contributed by atoms with E-state index in [1.54, 1.807) is 17.6 Å². The molecule has 0 spiro atoms. The summed E-state index contributed by atoms with van der Waals surface area (Å²) < 4.78 is 27.0. The normalized spacial score (nSPS) is 20.5. The Kier molecular flexibility index (Phi) is 3.23. The molecule has 1 N–H and O–H groups in total. The lowest BCUT2D eigenvalue weighted by Crippen LogP contribution is -2.30. The number of hydrogen-bond acceptors (Lipinski definition) is 5. The summed E-state index contributed by atoms with van der Waals surface area (Å²) in [5, 5.41) is 8.95. The van der Waals surface area contributed by atoms with Crippen LogP contribution in [0.3, 0.4) is 0 Å². The molecule has 1 unspecified atom stereocenters. The van der Waals surface area contributed by atoms with Gasteiger partial charge in [0.1, 0.15) is 0 Å². The molecular weight excluding hydrogens is 300 g/mol. The van der Waals surface area contributed by atoms with Gasteiger partial charge in [-0.05, 0) is 24.6 Å². The first-order chi connectivity index (χ1) is 9.48. The molecule has 2 heterocycles. The summed E-state index contributed by atoms with van der Waals surface area (Å²) in [6, 6.07) is 4.78. The number of thiazole rings is 1. The summed E-state index contributed by atoms with van der Waals surface area (Å²) in [6.45, 7) is 0.290. The van der Waals surface area contributed by atoms with Crippen LogP contribution in [-0.2, 0) is 14.8 Å². The van der Waals surface area contributed by atoms with Crippen LogP contribution in [0.15, 0.2) is 28.6 Å². The number of fused-ring (bicyclic) bond motifs is 1. The topological polar surface area (TPSA) is 87.6 Å². The molecule has 2 aromatic rings. The van der Waals surface area contributed by atoms with Crippen molar-refractivity contribution in [1.29, 1.82) is 0 Å². The van der Waals surface area contributed by atoms with Crippen molar-refractivity contribution in [2.75, 3.05) is 13.1 Å². The molecule has 8 heteroatoms. The van der Waals surface area contributed by atoms with E-state index in [0.717, 1.165) is 10.2 Å². The van der Waals surface area contributed by atoms with Crippen LogP contribution in [0.2, 0.25) is 0 Å². The highest BCUT2D eigenvalue weighted by atomic mass is 32.2. The third kappa shape index (κ3) is 2.19. The van der Waals surface area contributed by atoms with Gasteiger partial charge in [0.2, 0.25) is 10.0 Å². The summed E-state index contributed by atoms with van der Waals surface area (Å²) in [6.07, 6.45) is 0.358. The van der Waals surface area contributed by atoms with Gasteiger partial charge in [-0.2, -0.15) is 4.31 Å². The van der Waals surface area contributed by atoms with Crippen molar-refractivity contribution in [3.05, 3.63) is 23.7 Å². The number of carboxylic acids is 1. The molecule has 20 heavy (non-hydrogen) atoms. The van der Waals surface area contributed by atoms with Gasteiger partial charge in [-0.25, -0.2) is 13.4 Å². The summed E-state index contributed by atoms with van der Waals surface area (Å²) in [4.78, 5) is 15.2. The van der Waals surface area contributed by atoms with Gasteiger partial charge in [0.05, 0.1) is 26.5 Å². The zero-order valence-corrected chi connectivity index (χ0v) is 12.0. The molecule has 1 fully saturated rings. The molecule has 106 valence electrons. The van der Waals surface area contributed by atoms with Gasteiger partial charge in [-0.1, -0.05) is 0 Å². The van der Waals surface area contributed by atoms with Crippen LogP contribution in [0.5, 0.6) is 0 Å². The molecule has 1 aromatic heterocycles. The zero-order valence-electron chi connectivity index (χ0n) is 10.4. The summed E-state index contributed by atoms with van der Waals surface area (Å²) in [7, 11) is -3.63. The van der Waals surface area contributed by atoms with Gasteiger partial charge in [-0.15, -0.1) is 11.3 Å². The van der Waals surface area contributed by atoms with Crippen LogP contribution in [0.1, 0.15) is 6.42 Å². The highest BCUT2D eigenvalue weighted by Crippen LogP contribution is 2.27. The number of carboxylic acid groups (broad SMARTS) is 1. The van der Waals surface area contributed by atoms with Gasteiger partial charge in [0.25, 0.3) is 0 Å². The molecule has 3 rings (SSSR count). The third-order valence-corrected chi connectivity index (χ3v) is 6.09. The molecule has 0 amide bonds. The molecule has 0 saturated carbocycles. The van der Waals surface area contributed by atoms with E-state index in [-0.39, 0.29) is 18.0 Å². The Morgan fingerprint density at radius 3 is 2.95 bits per heavy atom. The lowest BCUT2D eigenvalue weighted by Gasteiger charge is -2.15. The van der Waals surface area contributed by atoms with Crippen molar-refractivity contribution in [2.24, 2.45) is 5.92 Å². The average molecular weight is 312 g/mol. The molecule has 0 bridgehead atoms. The fraction of sp³-hybridized carbons (Fsp3) is 0.333. The molecular formula is C12H12N2O4S2. The van der Waals surface area contributed by atoms with Crippen LogP contribution in [0.4, 0.5) is 0 Å². The fourth-order valence-corrected chi connectivity index (χ4v) is 4.61. The molecule has 1 aliphatic heterocycles. The first kappa shape index (κ1) is 13.5. The van der Waals surface area contributed by atoms with E-state index in [2.05, 4.69) is 4.98 Å². The Balaban J connectivity index is 1.93. The highest BCUT2D eigenvalue weighted by molar-refractivity contribution is 7.89. The lowest BCUT2D eigenvalue weighted by atomic mass is 10.1. The van der Waals surface area contributed by atoms with Crippen molar-refractivity contribution in [2.45, 2.75) is 11.3 Å². The standard InChI is InChI=1S/C12H12N2O4S2/c15-12(16)8-3-4-14(6-8)20(17,18)9-1-2-10-11(5-9)19-7-13-10/h1-2,5,7-8H,3-4,6H2,(H,15,16). The minimum Gasteiger partial charge on any atom is -0.481 e. The van der Waals surface area contributed by atoms with Gasteiger partial charge in [0.15, 0.2) is 0 Å². The van der Waals surface area contributed by atoms with Gasteiger partial charge in [-0.3, -0.25) is 4.79 Å². The Bertz CT molecular complexity index is 769. The van der Waals surface area contributed by atoms with E-state index in [0.29, 0.717) is 6.42 Å². The van der Waals surface area contributed by atoms with Crippen LogP contribution in [0, 0.1) is 5.92 Å². The van der Waals surface area contributed by atoms with E-state index in [9.17, 15) is 13.2 Å². The van der Waals surface area contributed by atoms with E-state index < -0.39 is 21.9 Å². The second-order valence-electron chi connectivity index (χ2n) is 4.67. The Hall–Kier alpha value is -1.51. The first-order valence-corrected chi connectivity index (χ1v) is 8.36. The molecule has 1 aromatic carbocycles. The van der Waals surface area contributed by atoms with Crippen LogP contribution in [-0.4, -0.2) is 41.9 Å². The molecule has 1 atom stereocenters. The lowest BCUT2D eigenvalue weighted by molar-refractivity contribution is -0.141. The van der Waals surface area contributed by atoms with Crippen LogP contribution >= 0.6 is 11.3 Å². The fourth-order valence-electron chi connectivity index (χ4n) is 2.29. The Morgan fingerprint density at radius 1 is 1.45 bits per heavy atom. The number of aliphatic carboxylic acids is 1. The van der Waals surface area contributed by atoms with E-state index in [1.165, 1.54) is 21.7 Å². The average Bonchev–Trinajstić information content (AvgIpc) is 3.07. The van der Waals surface area contributed by atoms with Crippen molar-refractivity contribution >= 4 is 37.5 Å². The SMILES string of the molecule is O=C(O)C1CCN(S(=O)(=O)c2ccc3ncsc3c2)C1. The minimum atomic E-state index is -3.63. The minimum absolute atomic E-state index is 0.0401. The monoisotopic (exact) mass is 312 g/mol. The number of hydrogen-bond donors (Lipinski definition) is 1. The number of nitrogens with zero attached hydrogens (tertiary/aromatic N) is 2. The maximum absolute atomic E-state index is 12.5. The van der Waals surface area contributed by atoms with Crippen molar-refractivity contribution < 1.29 is 18.3 Å². The summed E-state index contributed by atoms with van der Waals surface area (Å²) in [5.41, 5.74) is 2.43. The van der Waals surface area contributed by atoms with Crippen molar-refractivity contribution in [3.8, 4) is 0 Å². The molecule has 6 nitrogen and oxygen atoms in total. The number of carbonyl (C=O) groups is 1. The maximum Gasteiger partial charge on any atom is 0.307 e. The highest BCUT2D eigenvalue weighted by Gasteiger charge is 2.35. The largest absolute Gasteiger partial charge is 0.481 e. The molecule has 1 aliphatic rings. The number of rotatable bonds is 3. The number of sulfonamides is 1. The molecule has 1 saturated heterocycles. The zero-order chi connectivity index (χ0) is 14.3. The second-order valence-corrected chi connectivity index (χ2v) is 7.49. The van der Waals surface area contributed by atoms with Crippen molar-refractivity contribution in [3.63, 3.8) is 0 Å². The number of aromatic nitrogens is 1. The molecule has 0 radical (unpaired) electrons.